The molecule has 0 atom stereocenters. The largest absolute Gasteiger partial charge is 0.478 e. The van der Waals surface area contributed by atoms with Crippen LogP contribution in [0.5, 0.6) is 0 Å². The van der Waals surface area contributed by atoms with Gasteiger partial charge in [-0.3, -0.25) is 4.98 Å². The third kappa shape index (κ3) is 1.84. The second-order valence-electron chi connectivity index (χ2n) is 3.40. The number of carboxylic acid groups (broad SMARTS) is 1. The maximum atomic E-state index is 11.1. The minimum absolute atomic E-state index is 0.159. The fourth-order valence-electron chi connectivity index (χ4n) is 1.56. The Morgan fingerprint density at radius 3 is 2.62 bits per heavy atom. The summed E-state index contributed by atoms with van der Waals surface area (Å²) in [5.74, 6) is -1.02. The van der Waals surface area contributed by atoms with Gasteiger partial charge in [0.15, 0.2) is 0 Å². The van der Waals surface area contributed by atoms with Crippen LogP contribution in [0.1, 0.15) is 16.1 Å². The van der Waals surface area contributed by atoms with Gasteiger partial charge in [0.25, 0.3) is 0 Å². The lowest BCUT2D eigenvalue weighted by molar-refractivity contribution is 0.0699. The molecular formula is C11H7Cl2NO2. The summed E-state index contributed by atoms with van der Waals surface area (Å²) >= 11 is 11.8. The van der Waals surface area contributed by atoms with Crippen LogP contribution in [0.2, 0.25) is 10.0 Å². The van der Waals surface area contributed by atoms with Crippen LogP contribution in [-0.2, 0) is 0 Å². The minimum Gasteiger partial charge on any atom is -0.478 e. The summed E-state index contributed by atoms with van der Waals surface area (Å²) in [7, 11) is 0. The zero-order valence-corrected chi connectivity index (χ0v) is 9.80. The van der Waals surface area contributed by atoms with Crippen LogP contribution in [0.3, 0.4) is 0 Å². The van der Waals surface area contributed by atoms with E-state index in [1.165, 1.54) is 6.07 Å². The first-order chi connectivity index (χ1) is 7.49. The number of carboxylic acids is 1. The minimum atomic E-state index is -1.02. The number of hydrogen-bond donors (Lipinski definition) is 1. The number of nitrogens with zero attached hydrogens (tertiary/aromatic N) is 1. The lowest BCUT2D eigenvalue weighted by atomic mass is 10.1. The molecule has 2 rings (SSSR count). The van der Waals surface area contributed by atoms with Crippen molar-refractivity contribution in [1.29, 1.82) is 0 Å². The molecule has 0 saturated carbocycles. The van der Waals surface area contributed by atoms with E-state index in [2.05, 4.69) is 4.98 Å². The Labute approximate surface area is 102 Å². The molecule has 82 valence electrons. The molecule has 0 bridgehead atoms. The molecule has 0 amide bonds. The second-order valence-corrected chi connectivity index (χ2v) is 4.24. The van der Waals surface area contributed by atoms with E-state index in [0.717, 1.165) is 0 Å². The van der Waals surface area contributed by atoms with E-state index in [4.69, 9.17) is 28.3 Å². The van der Waals surface area contributed by atoms with Crippen LogP contribution < -0.4 is 0 Å². The summed E-state index contributed by atoms with van der Waals surface area (Å²) in [6.45, 7) is 1.72. The Hall–Kier alpha value is -1.32. The number of aryl methyl sites for hydroxylation is 1. The van der Waals surface area contributed by atoms with Crippen LogP contribution in [0.4, 0.5) is 0 Å². The Balaban J connectivity index is 2.95. The zero-order chi connectivity index (χ0) is 11.9. The Kier molecular flexibility index (Phi) is 2.74. The molecule has 0 aliphatic heterocycles. The molecule has 1 N–H and O–H groups in total. The van der Waals surface area contributed by atoms with E-state index in [1.54, 1.807) is 19.1 Å². The number of halogens is 2. The Bertz CT molecular complexity index is 596. The second kappa shape index (κ2) is 3.92. The van der Waals surface area contributed by atoms with Crippen molar-refractivity contribution < 1.29 is 9.90 Å². The number of pyridine rings is 1. The molecule has 0 spiro atoms. The maximum absolute atomic E-state index is 11.1. The molecule has 2 aromatic rings. The average Bonchev–Trinajstić information content (AvgIpc) is 2.18. The predicted octanol–water partition coefficient (Wildman–Crippen LogP) is 3.55. The summed E-state index contributed by atoms with van der Waals surface area (Å²) < 4.78 is 0. The summed E-state index contributed by atoms with van der Waals surface area (Å²) in [6.07, 6.45) is 0. The van der Waals surface area contributed by atoms with E-state index in [-0.39, 0.29) is 5.56 Å². The molecule has 5 heteroatoms. The van der Waals surface area contributed by atoms with E-state index in [0.29, 0.717) is 26.6 Å². The van der Waals surface area contributed by atoms with Crippen molar-refractivity contribution in [2.75, 3.05) is 0 Å². The van der Waals surface area contributed by atoms with Crippen molar-refractivity contribution in [2.24, 2.45) is 0 Å². The van der Waals surface area contributed by atoms with Gasteiger partial charge in [-0.15, -0.1) is 0 Å². The standard InChI is InChI=1S/C11H7Cl2NO2/c1-5-2-8(11(15)16)7-3-6(12)4-9(13)10(7)14-5/h2-4H,1H3,(H,15,16). The van der Waals surface area contributed by atoms with Crippen molar-refractivity contribution in [3.63, 3.8) is 0 Å². The van der Waals surface area contributed by atoms with Crippen LogP contribution in [0.25, 0.3) is 10.9 Å². The van der Waals surface area contributed by atoms with Gasteiger partial charge in [0.2, 0.25) is 0 Å². The number of fused-ring (bicyclic) bond motifs is 1. The number of aromatic carboxylic acids is 1. The van der Waals surface area contributed by atoms with Crippen molar-refractivity contribution >= 4 is 40.1 Å². The van der Waals surface area contributed by atoms with E-state index in [9.17, 15) is 4.79 Å². The van der Waals surface area contributed by atoms with Crippen LogP contribution in [-0.4, -0.2) is 16.1 Å². The SMILES string of the molecule is Cc1cc(C(=O)O)c2cc(Cl)cc(Cl)c2n1. The molecule has 0 fully saturated rings. The molecule has 1 aromatic heterocycles. The van der Waals surface area contributed by atoms with Crippen molar-refractivity contribution in [3.05, 3.63) is 39.5 Å². The Morgan fingerprint density at radius 1 is 1.31 bits per heavy atom. The van der Waals surface area contributed by atoms with Crippen LogP contribution in [0, 0.1) is 6.92 Å². The van der Waals surface area contributed by atoms with Crippen LogP contribution in [0.15, 0.2) is 18.2 Å². The quantitative estimate of drug-likeness (QED) is 0.848. The van der Waals surface area contributed by atoms with Crippen LogP contribution >= 0.6 is 23.2 Å². The number of benzene rings is 1. The predicted molar refractivity (Wildman–Crippen MR) is 63.5 cm³/mol. The highest BCUT2D eigenvalue weighted by molar-refractivity contribution is 6.38. The highest BCUT2D eigenvalue weighted by Crippen LogP contribution is 2.29. The molecule has 1 aromatic carbocycles. The first kappa shape index (κ1) is 11.2. The Morgan fingerprint density at radius 2 is 2.00 bits per heavy atom. The average molecular weight is 256 g/mol. The maximum Gasteiger partial charge on any atom is 0.336 e. The third-order valence-electron chi connectivity index (χ3n) is 2.19. The summed E-state index contributed by atoms with van der Waals surface area (Å²) in [5.41, 5.74) is 1.23. The van der Waals surface area contributed by atoms with Crippen molar-refractivity contribution in [2.45, 2.75) is 6.92 Å². The molecule has 3 nitrogen and oxygen atoms in total. The number of hydrogen-bond acceptors (Lipinski definition) is 2. The monoisotopic (exact) mass is 255 g/mol. The number of rotatable bonds is 1. The molecule has 1 heterocycles. The lowest BCUT2D eigenvalue weighted by Crippen LogP contribution is -2.00. The first-order valence-electron chi connectivity index (χ1n) is 4.48. The van der Waals surface area contributed by atoms with Gasteiger partial charge in [-0.05, 0) is 25.1 Å². The molecule has 0 unspecified atom stereocenters. The zero-order valence-electron chi connectivity index (χ0n) is 8.29. The highest BCUT2D eigenvalue weighted by Gasteiger charge is 2.13. The number of carbonyl (C=O) groups is 1. The van der Waals surface area contributed by atoms with Crippen molar-refractivity contribution in [3.8, 4) is 0 Å². The number of aromatic nitrogens is 1. The summed E-state index contributed by atoms with van der Waals surface area (Å²) in [4.78, 5) is 15.3. The van der Waals surface area contributed by atoms with Gasteiger partial charge in [-0.25, -0.2) is 4.79 Å². The van der Waals surface area contributed by atoms with E-state index < -0.39 is 5.97 Å². The van der Waals surface area contributed by atoms with Gasteiger partial charge in [0.05, 0.1) is 16.1 Å². The molecule has 0 aliphatic rings. The normalized spacial score (nSPS) is 10.7. The molecule has 0 aliphatic carbocycles. The highest BCUT2D eigenvalue weighted by atomic mass is 35.5. The molecular weight excluding hydrogens is 249 g/mol. The van der Waals surface area contributed by atoms with Gasteiger partial charge in [-0.2, -0.15) is 0 Å². The van der Waals surface area contributed by atoms with Gasteiger partial charge in [0.1, 0.15) is 0 Å². The fraction of sp³-hybridized carbons (Fsp3) is 0.0909. The van der Waals surface area contributed by atoms with Gasteiger partial charge < -0.3 is 5.11 Å². The van der Waals surface area contributed by atoms with Gasteiger partial charge in [-0.1, -0.05) is 23.2 Å². The third-order valence-corrected chi connectivity index (χ3v) is 2.70. The molecule has 16 heavy (non-hydrogen) atoms. The summed E-state index contributed by atoms with van der Waals surface area (Å²) in [5, 5.41) is 10.3. The van der Waals surface area contributed by atoms with Crippen molar-refractivity contribution in [1.82, 2.24) is 4.98 Å². The van der Waals surface area contributed by atoms with E-state index in [1.807, 2.05) is 0 Å². The first-order valence-corrected chi connectivity index (χ1v) is 5.24. The smallest absolute Gasteiger partial charge is 0.336 e. The topological polar surface area (TPSA) is 50.2 Å². The van der Waals surface area contributed by atoms with Gasteiger partial charge in [0, 0.05) is 16.1 Å². The molecule has 0 saturated heterocycles. The van der Waals surface area contributed by atoms with Gasteiger partial charge >= 0.3 is 5.97 Å². The lowest BCUT2D eigenvalue weighted by Gasteiger charge is -2.06. The molecule has 0 radical (unpaired) electrons. The van der Waals surface area contributed by atoms with E-state index >= 15 is 0 Å². The fourth-order valence-corrected chi connectivity index (χ4v) is 2.09. The summed E-state index contributed by atoms with van der Waals surface area (Å²) in [6, 6.07) is 4.60.